The number of ether oxygens (including phenoxy) is 4. The molecule has 1 aliphatic heterocycles. The molecule has 1 heterocycles. The highest BCUT2D eigenvalue weighted by atomic mass is 16.7. The Bertz CT molecular complexity index is 1030. The van der Waals surface area contributed by atoms with E-state index < -0.39 is 55.4 Å². The molecule has 1 aliphatic rings. The molecular weight excluding hydrogens is 725 g/mol. The van der Waals surface area contributed by atoms with Crippen LogP contribution in [-0.4, -0.2) is 89.0 Å². The van der Waals surface area contributed by atoms with E-state index in [2.05, 4.69) is 26.0 Å². The quantitative estimate of drug-likeness (QED) is 0.0156. The SMILES string of the molecule is CCCCCCCC/C=C/CCCCCCCCCC(=O)OC[C@@H](CO[C@H]1O[C@@H](CO)[C@@H](O)C(O)C1O)OC(=O)/C=C/C=C/CCCCCCCCCCCCC. The number of carbonyl (C=O) groups excluding carboxylic acids is 2. The average Bonchev–Trinajstić information content (AvgIpc) is 3.21. The summed E-state index contributed by atoms with van der Waals surface area (Å²) in [6.07, 6.45) is 36.4. The highest BCUT2D eigenvalue weighted by Crippen LogP contribution is 2.22. The summed E-state index contributed by atoms with van der Waals surface area (Å²) in [6.45, 7) is 3.31. The minimum absolute atomic E-state index is 0.251. The second kappa shape index (κ2) is 38.1. The Morgan fingerprint density at radius 2 is 1.05 bits per heavy atom. The summed E-state index contributed by atoms with van der Waals surface area (Å²) in [4.78, 5) is 25.2. The maximum atomic E-state index is 12.7. The minimum atomic E-state index is -1.61. The van der Waals surface area contributed by atoms with Crippen molar-refractivity contribution in [2.24, 2.45) is 0 Å². The van der Waals surface area contributed by atoms with E-state index in [1.54, 1.807) is 6.08 Å². The van der Waals surface area contributed by atoms with Crippen LogP contribution in [0.2, 0.25) is 0 Å². The number of aliphatic hydroxyl groups is 4. The molecule has 0 radical (unpaired) electrons. The minimum Gasteiger partial charge on any atom is -0.462 e. The van der Waals surface area contributed by atoms with Crippen LogP contribution in [0.3, 0.4) is 0 Å². The standard InChI is InChI=1S/C47H84O10/c1-3-5-7-9-11-13-15-17-19-20-22-23-25-27-29-31-33-35-42(49)54-38-40(39-55-47-46(53)45(52)44(51)41(37-48)57-47)56-43(50)36-34-32-30-28-26-24-21-18-16-14-12-10-8-6-4-2/h17,19,30,32,34,36,40-41,44-48,51-53H,3-16,18,20-29,31,33,35,37-39H2,1-2H3/b19-17+,32-30+,36-34+/t40-,41-,44+,45?,46?,47-/m0/s1. The molecule has 6 atom stereocenters. The van der Waals surface area contributed by atoms with E-state index in [9.17, 15) is 30.0 Å². The molecule has 10 nitrogen and oxygen atoms in total. The first-order valence-electron chi connectivity index (χ1n) is 23.1. The van der Waals surface area contributed by atoms with E-state index in [4.69, 9.17) is 18.9 Å². The third-order valence-corrected chi connectivity index (χ3v) is 10.6. The molecule has 0 aromatic carbocycles. The zero-order chi connectivity index (χ0) is 41.6. The predicted molar refractivity (Wildman–Crippen MR) is 229 cm³/mol. The third kappa shape index (κ3) is 29.7. The fraction of sp³-hybridized carbons (Fsp3) is 0.830. The van der Waals surface area contributed by atoms with Crippen LogP contribution in [0.5, 0.6) is 0 Å². The van der Waals surface area contributed by atoms with Crippen LogP contribution in [0, 0.1) is 0 Å². The lowest BCUT2D eigenvalue weighted by molar-refractivity contribution is -0.305. The van der Waals surface area contributed by atoms with Crippen LogP contribution in [0.15, 0.2) is 36.5 Å². The van der Waals surface area contributed by atoms with E-state index in [0.717, 1.165) is 38.5 Å². The van der Waals surface area contributed by atoms with Gasteiger partial charge in [0.25, 0.3) is 0 Å². The van der Waals surface area contributed by atoms with Crippen molar-refractivity contribution in [1.29, 1.82) is 0 Å². The summed E-state index contributed by atoms with van der Waals surface area (Å²) in [5, 5.41) is 40.0. The molecule has 1 saturated heterocycles. The third-order valence-electron chi connectivity index (χ3n) is 10.6. The molecule has 2 unspecified atom stereocenters. The molecule has 0 spiro atoms. The van der Waals surface area contributed by atoms with Crippen LogP contribution in [0.1, 0.15) is 194 Å². The van der Waals surface area contributed by atoms with E-state index in [-0.39, 0.29) is 19.6 Å². The number of allylic oxidation sites excluding steroid dienone is 5. The summed E-state index contributed by atoms with van der Waals surface area (Å²) in [7, 11) is 0. The molecule has 0 aliphatic carbocycles. The number of esters is 2. The Balaban J connectivity index is 2.36. The van der Waals surface area contributed by atoms with Gasteiger partial charge in [-0.1, -0.05) is 173 Å². The van der Waals surface area contributed by atoms with Gasteiger partial charge in [-0.15, -0.1) is 0 Å². The summed E-state index contributed by atoms with van der Waals surface area (Å²) in [5.74, 6) is -1.06. The normalized spacial score (nSPS) is 20.6. The Morgan fingerprint density at radius 1 is 0.579 bits per heavy atom. The smallest absolute Gasteiger partial charge is 0.331 e. The highest BCUT2D eigenvalue weighted by Gasteiger charge is 2.44. The van der Waals surface area contributed by atoms with Crippen molar-refractivity contribution >= 4 is 11.9 Å². The Morgan fingerprint density at radius 3 is 1.56 bits per heavy atom. The van der Waals surface area contributed by atoms with Crippen LogP contribution >= 0.6 is 0 Å². The van der Waals surface area contributed by atoms with Crippen LogP contribution < -0.4 is 0 Å². The van der Waals surface area contributed by atoms with Gasteiger partial charge in [-0.3, -0.25) is 4.79 Å². The number of aliphatic hydroxyl groups excluding tert-OH is 4. The Labute approximate surface area is 346 Å². The number of carbonyl (C=O) groups is 2. The molecule has 57 heavy (non-hydrogen) atoms. The molecule has 4 N–H and O–H groups in total. The molecule has 0 aromatic rings. The van der Waals surface area contributed by atoms with Crippen molar-refractivity contribution in [3.05, 3.63) is 36.5 Å². The number of unbranched alkanes of at least 4 members (excludes halogenated alkanes) is 24. The second-order valence-corrected chi connectivity index (χ2v) is 15.9. The van der Waals surface area contributed by atoms with Gasteiger partial charge in [0.1, 0.15) is 31.0 Å². The number of rotatable bonds is 38. The van der Waals surface area contributed by atoms with Crippen LogP contribution in [-0.2, 0) is 28.5 Å². The zero-order valence-electron chi connectivity index (χ0n) is 36.1. The first-order valence-corrected chi connectivity index (χ1v) is 23.1. The van der Waals surface area contributed by atoms with Crippen molar-refractivity contribution in [3.63, 3.8) is 0 Å². The van der Waals surface area contributed by atoms with Gasteiger partial charge in [0.2, 0.25) is 0 Å². The van der Waals surface area contributed by atoms with Gasteiger partial charge < -0.3 is 39.4 Å². The largest absolute Gasteiger partial charge is 0.462 e. The predicted octanol–water partition coefficient (Wildman–Crippen LogP) is 9.89. The van der Waals surface area contributed by atoms with Crippen molar-refractivity contribution in [3.8, 4) is 0 Å². The number of hydrogen-bond donors (Lipinski definition) is 4. The molecule has 0 bridgehead atoms. The van der Waals surface area contributed by atoms with Crippen molar-refractivity contribution in [2.45, 2.75) is 230 Å². The lowest BCUT2D eigenvalue weighted by atomic mass is 9.99. The van der Waals surface area contributed by atoms with E-state index in [1.807, 2.05) is 12.2 Å². The van der Waals surface area contributed by atoms with Gasteiger partial charge in [0, 0.05) is 12.5 Å². The molecular formula is C47H84O10. The van der Waals surface area contributed by atoms with Gasteiger partial charge in [0.15, 0.2) is 12.4 Å². The molecule has 0 amide bonds. The van der Waals surface area contributed by atoms with E-state index in [1.165, 1.54) is 134 Å². The van der Waals surface area contributed by atoms with Gasteiger partial charge in [-0.05, 0) is 44.9 Å². The molecule has 10 heteroatoms. The monoisotopic (exact) mass is 809 g/mol. The lowest BCUT2D eigenvalue weighted by Gasteiger charge is -2.39. The molecule has 332 valence electrons. The molecule has 1 rings (SSSR count). The molecule has 0 aromatic heterocycles. The average molecular weight is 809 g/mol. The summed E-state index contributed by atoms with van der Waals surface area (Å²) >= 11 is 0. The van der Waals surface area contributed by atoms with Gasteiger partial charge >= 0.3 is 11.9 Å². The van der Waals surface area contributed by atoms with E-state index in [0.29, 0.717) is 6.42 Å². The Kier molecular flexibility index (Phi) is 35.4. The second-order valence-electron chi connectivity index (χ2n) is 15.9. The zero-order valence-corrected chi connectivity index (χ0v) is 36.1. The maximum absolute atomic E-state index is 12.7. The first kappa shape index (κ1) is 52.9. The first-order chi connectivity index (χ1) is 27.8. The molecule has 0 saturated carbocycles. The fourth-order valence-electron chi connectivity index (χ4n) is 6.91. The highest BCUT2D eigenvalue weighted by molar-refractivity contribution is 5.82. The van der Waals surface area contributed by atoms with Crippen LogP contribution in [0.25, 0.3) is 0 Å². The topological polar surface area (TPSA) is 152 Å². The molecule has 1 fully saturated rings. The van der Waals surface area contributed by atoms with Gasteiger partial charge in [-0.2, -0.15) is 0 Å². The summed E-state index contributed by atoms with van der Waals surface area (Å²) in [5.41, 5.74) is 0. The van der Waals surface area contributed by atoms with Crippen molar-refractivity contribution < 1.29 is 49.0 Å². The van der Waals surface area contributed by atoms with Gasteiger partial charge in [-0.25, -0.2) is 4.79 Å². The summed E-state index contributed by atoms with van der Waals surface area (Å²) < 4.78 is 22.0. The number of hydrogen-bond acceptors (Lipinski definition) is 10. The van der Waals surface area contributed by atoms with Gasteiger partial charge in [0.05, 0.1) is 13.2 Å². The van der Waals surface area contributed by atoms with Crippen molar-refractivity contribution in [1.82, 2.24) is 0 Å². The Hall–Kier alpha value is -2.08. The maximum Gasteiger partial charge on any atom is 0.331 e. The van der Waals surface area contributed by atoms with Crippen LogP contribution in [0.4, 0.5) is 0 Å². The van der Waals surface area contributed by atoms with Crippen molar-refractivity contribution in [2.75, 3.05) is 19.8 Å². The summed E-state index contributed by atoms with van der Waals surface area (Å²) in [6, 6.07) is 0. The fourth-order valence-corrected chi connectivity index (χ4v) is 6.91. The lowest BCUT2D eigenvalue weighted by Crippen LogP contribution is -2.59. The van der Waals surface area contributed by atoms with E-state index >= 15 is 0 Å².